The van der Waals surface area contributed by atoms with Gasteiger partial charge in [-0.3, -0.25) is 15.4 Å². The number of hydrogen-bond donors (Lipinski definition) is 2. The third-order valence-electron chi connectivity index (χ3n) is 3.42. The molecule has 0 aliphatic heterocycles. The van der Waals surface area contributed by atoms with Gasteiger partial charge in [0.15, 0.2) is 5.13 Å². The summed E-state index contributed by atoms with van der Waals surface area (Å²) in [4.78, 5) is 26.5. The fourth-order valence-electron chi connectivity index (χ4n) is 2.21. The topological polar surface area (TPSA) is 97.2 Å². The number of rotatable bonds is 7. The molecule has 0 fully saturated rings. The molecule has 0 radical (unpaired) electrons. The van der Waals surface area contributed by atoms with E-state index in [9.17, 15) is 14.9 Å². The lowest BCUT2D eigenvalue weighted by atomic mass is 10.1. The number of nitro groups is 1. The third kappa shape index (κ3) is 4.88. The van der Waals surface area contributed by atoms with Gasteiger partial charge in [0.2, 0.25) is 0 Å². The minimum absolute atomic E-state index is 0.0155. The Labute approximate surface area is 138 Å². The molecule has 1 heterocycles. The average molecular weight is 336 g/mol. The Bertz CT molecular complexity index is 701. The summed E-state index contributed by atoms with van der Waals surface area (Å²) in [6.07, 6.45) is 4.33. The second-order valence-electron chi connectivity index (χ2n) is 5.42. The van der Waals surface area contributed by atoms with E-state index in [1.54, 1.807) is 6.07 Å². The lowest BCUT2D eigenvalue weighted by Gasteiger charge is -2.13. The maximum atomic E-state index is 11.9. The van der Waals surface area contributed by atoms with Crippen LogP contribution in [-0.4, -0.2) is 22.0 Å². The minimum Gasteiger partial charge on any atom is -0.335 e. The monoisotopic (exact) mass is 336 g/mol. The molecule has 2 rings (SSSR count). The molecule has 0 spiro atoms. The van der Waals surface area contributed by atoms with Crippen LogP contribution in [0.15, 0.2) is 18.2 Å². The van der Waals surface area contributed by atoms with Crippen molar-refractivity contribution in [2.24, 2.45) is 0 Å². The van der Waals surface area contributed by atoms with Crippen LogP contribution in [-0.2, 0) is 0 Å². The number of carbonyl (C=O) groups excluding carboxylic acids is 1. The summed E-state index contributed by atoms with van der Waals surface area (Å²) in [6.45, 7) is 4.11. The Kier molecular flexibility index (Phi) is 5.86. The molecular weight excluding hydrogens is 316 g/mol. The number of thiazole rings is 1. The highest BCUT2D eigenvalue weighted by molar-refractivity contribution is 7.22. The number of benzene rings is 1. The largest absolute Gasteiger partial charge is 0.335 e. The predicted molar refractivity (Wildman–Crippen MR) is 92.0 cm³/mol. The van der Waals surface area contributed by atoms with Crippen molar-refractivity contribution < 1.29 is 9.72 Å². The zero-order chi connectivity index (χ0) is 16.8. The molecular formula is C15H20N4O3S. The number of urea groups is 1. The average Bonchev–Trinajstić information content (AvgIpc) is 2.88. The van der Waals surface area contributed by atoms with Gasteiger partial charge in [-0.1, -0.05) is 37.5 Å². The molecule has 2 aromatic rings. The number of aromatic nitrogens is 1. The number of nitrogens with one attached hydrogen (secondary N) is 2. The van der Waals surface area contributed by atoms with Gasteiger partial charge in [0.1, 0.15) is 0 Å². The number of hydrogen-bond acceptors (Lipinski definition) is 5. The van der Waals surface area contributed by atoms with Crippen molar-refractivity contribution in [2.75, 3.05) is 5.32 Å². The molecule has 2 amide bonds. The van der Waals surface area contributed by atoms with Gasteiger partial charge in [-0.2, -0.15) is 0 Å². The van der Waals surface area contributed by atoms with Crippen LogP contribution >= 0.6 is 11.3 Å². The van der Waals surface area contributed by atoms with E-state index in [-0.39, 0.29) is 17.8 Å². The number of non-ortho nitro benzene ring substituents is 1. The number of anilines is 1. The number of amides is 2. The summed E-state index contributed by atoms with van der Waals surface area (Å²) < 4.78 is 0.672. The molecule has 0 saturated carbocycles. The Morgan fingerprint density at radius 1 is 1.43 bits per heavy atom. The fraction of sp³-hybridized carbons (Fsp3) is 0.467. The first kappa shape index (κ1) is 17.1. The zero-order valence-corrected chi connectivity index (χ0v) is 14.0. The molecule has 1 aromatic carbocycles. The van der Waals surface area contributed by atoms with E-state index in [4.69, 9.17) is 0 Å². The highest BCUT2D eigenvalue weighted by Crippen LogP contribution is 2.29. The van der Waals surface area contributed by atoms with Crippen molar-refractivity contribution in [3.63, 3.8) is 0 Å². The standard InChI is InChI=1S/C15H20N4O3S/c1-3-4-5-6-10(2)16-14(20)18-15-17-12-8-7-11(19(21)22)9-13(12)23-15/h7-10H,3-6H2,1-2H3,(H2,16,17,18,20). The Balaban J connectivity index is 1.95. The van der Waals surface area contributed by atoms with Gasteiger partial charge in [-0.05, 0) is 19.4 Å². The third-order valence-corrected chi connectivity index (χ3v) is 4.36. The molecule has 1 atom stereocenters. The van der Waals surface area contributed by atoms with E-state index in [1.807, 2.05) is 6.92 Å². The summed E-state index contributed by atoms with van der Waals surface area (Å²) >= 11 is 1.22. The van der Waals surface area contributed by atoms with E-state index in [0.717, 1.165) is 25.7 Å². The molecule has 1 unspecified atom stereocenters. The quantitative estimate of drug-likeness (QED) is 0.447. The van der Waals surface area contributed by atoms with Crippen LogP contribution in [0.1, 0.15) is 39.5 Å². The maximum Gasteiger partial charge on any atom is 0.321 e. The summed E-state index contributed by atoms with van der Waals surface area (Å²) in [5.41, 5.74) is 0.647. The first-order valence-electron chi connectivity index (χ1n) is 7.62. The van der Waals surface area contributed by atoms with E-state index in [2.05, 4.69) is 22.5 Å². The van der Waals surface area contributed by atoms with Crippen molar-refractivity contribution >= 4 is 38.4 Å². The van der Waals surface area contributed by atoms with Gasteiger partial charge < -0.3 is 5.32 Å². The Morgan fingerprint density at radius 2 is 2.22 bits per heavy atom. The van der Waals surface area contributed by atoms with Crippen molar-refractivity contribution in [3.05, 3.63) is 28.3 Å². The summed E-state index contributed by atoms with van der Waals surface area (Å²) in [5.74, 6) is 0. The highest BCUT2D eigenvalue weighted by Gasteiger charge is 2.13. The Hall–Kier alpha value is -2.22. The van der Waals surface area contributed by atoms with Crippen LogP contribution in [0.5, 0.6) is 0 Å². The molecule has 2 N–H and O–H groups in total. The molecule has 7 nitrogen and oxygen atoms in total. The second kappa shape index (κ2) is 7.87. The van der Waals surface area contributed by atoms with Crippen LogP contribution in [0.25, 0.3) is 10.2 Å². The van der Waals surface area contributed by atoms with E-state index in [1.165, 1.54) is 23.5 Å². The van der Waals surface area contributed by atoms with Crippen molar-refractivity contribution in [1.82, 2.24) is 10.3 Å². The van der Waals surface area contributed by atoms with Gasteiger partial charge in [-0.15, -0.1) is 0 Å². The van der Waals surface area contributed by atoms with E-state index >= 15 is 0 Å². The molecule has 8 heteroatoms. The molecule has 0 saturated heterocycles. The van der Waals surface area contributed by atoms with Crippen LogP contribution < -0.4 is 10.6 Å². The number of nitrogens with zero attached hydrogens (tertiary/aromatic N) is 2. The lowest BCUT2D eigenvalue weighted by Crippen LogP contribution is -2.36. The number of nitro benzene ring substituents is 1. The van der Waals surface area contributed by atoms with Gasteiger partial charge >= 0.3 is 6.03 Å². The van der Waals surface area contributed by atoms with Crippen molar-refractivity contribution in [1.29, 1.82) is 0 Å². The van der Waals surface area contributed by atoms with Gasteiger partial charge in [-0.25, -0.2) is 9.78 Å². The van der Waals surface area contributed by atoms with Crippen molar-refractivity contribution in [3.8, 4) is 0 Å². The SMILES string of the molecule is CCCCCC(C)NC(=O)Nc1nc2ccc([N+](=O)[O-])cc2s1. The first-order valence-corrected chi connectivity index (χ1v) is 8.43. The fourth-order valence-corrected chi connectivity index (χ4v) is 3.10. The predicted octanol–water partition coefficient (Wildman–Crippen LogP) is 4.29. The second-order valence-corrected chi connectivity index (χ2v) is 6.45. The van der Waals surface area contributed by atoms with E-state index in [0.29, 0.717) is 15.3 Å². The number of carbonyl (C=O) groups is 1. The summed E-state index contributed by atoms with van der Waals surface area (Å²) in [7, 11) is 0. The van der Waals surface area contributed by atoms with Gasteiger partial charge in [0.05, 0.1) is 15.1 Å². The minimum atomic E-state index is -0.447. The van der Waals surface area contributed by atoms with Gasteiger partial charge in [0.25, 0.3) is 5.69 Å². The van der Waals surface area contributed by atoms with Crippen molar-refractivity contribution in [2.45, 2.75) is 45.6 Å². The first-order chi connectivity index (χ1) is 11.0. The number of fused-ring (bicyclic) bond motifs is 1. The molecule has 0 bridgehead atoms. The lowest BCUT2D eigenvalue weighted by molar-refractivity contribution is -0.384. The molecule has 23 heavy (non-hydrogen) atoms. The van der Waals surface area contributed by atoms with Crippen LogP contribution in [0.3, 0.4) is 0 Å². The molecule has 1 aromatic heterocycles. The van der Waals surface area contributed by atoms with E-state index < -0.39 is 4.92 Å². The zero-order valence-electron chi connectivity index (χ0n) is 13.2. The maximum absolute atomic E-state index is 11.9. The smallest absolute Gasteiger partial charge is 0.321 e. The molecule has 124 valence electrons. The molecule has 0 aliphatic rings. The van der Waals surface area contributed by atoms with Gasteiger partial charge in [0, 0.05) is 18.2 Å². The Morgan fingerprint density at radius 3 is 2.91 bits per heavy atom. The normalized spacial score (nSPS) is 12.1. The van der Waals surface area contributed by atoms with Crippen LogP contribution in [0, 0.1) is 10.1 Å². The number of unbranched alkanes of at least 4 members (excludes halogenated alkanes) is 2. The highest BCUT2D eigenvalue weighted by atomic mass is 32.1. The van der Waals surface area contributed by atoms with Crippen LogP contribution in [0.2, 0.25) is 0 Å². The molecule has 0 aliphatic carbocycles. The summed E-state index contributed by atoms with van der Waals surface area (Å²) in [5, 5.41) is 16.8. The summed E-state index contributed by atoms with van der Waals surface area (Å²) in [6, 6.07) is 4.24. The van der Waals surface area contributed by atoms with Crippen LogP contribution in [0.4, 0.5) is 15.6 Å².